The number of H-pyrrole nitrogens is 2. The molecule has 0 aliphatic carbocycles. The molecule has 3 N–H and O–H groups in total. The molecule has 0 unspecified atom stereocenters. The van der Waals surface area contributed by atoms with Gasteiger partial charge in [0.25, 0.3) is 0 Å². The van der Waals surface area contributed by atoms with E-state index in [-0.39, 0.29) is 0 Å². The summed E-state index contributed by atoms with van der Waals surface area (Å²) in [6.45, 7) is 0. The number of hydrogen-bond acceptors (Lipinski definition) is 4. The Labute approximate surface area is 112 Å². The Morgan fingerprint density at radius 2 is 2.18 bits per heavy atom. The second kappa shape index (κ2) is 5.31. The van der Waals surface area contributed by atoms with Gasteiger partial charge in [0.1, 0.15) is 0 Å². The van der Waals surface area contributed by atoms with Gasteiger partial charge in [0.15, 0.2) is 0 Å². The summed E-state index contributed by atoms with van der Waals surface area (Å²) in [5, 5.41) is 10.2. The van der Waals surface area contributed by atoms with Crippen LogP contribution in [0.3, 0.4) is 0 Å². The third-order valence-electron chi connectivity index (χ3n) is 1.86. The quantitative estimate of drug-likeness (QED) is 0.461. The number of benzene rings is 1. The van der Waals surface area contributed by atoms with Crippen molar-refractivity contribution in [2.75, 3.05) is 5.43 Å². The molecule has 0 fully saturated rings. The van der Waals surface area contributed by atoms with Crippen molar-refractivity contribution >= 4 is 47.6 Å². The first-order valence-corrected chi connectivity index (χ1v) is 5.71. The summed E-state index contributed by atoms with van der Waals surface area (Å²) in [6.07, 6.45) is 1.54. The molecule has 0 atom stereocenters. The van der Waals surface area contributed by atoms with Crippen molar-refractivity contribution < 1.29 is 0 Å². The van der Waals surface area contributed by atoms with Crippen molar-refractivity contribution in [3.63, 3.8) is 0 Å². The zero-order chi connectivity index (χ0) is 12.3. The molecule has 0 saturated carbocycles. The van der Waals surface area contributed by atoms with Crippen LogP contribution >= 0.6 is 35.4 Å². The Morgan fingerprint density at radius 1 is 1.35 bits per heavy atom. The van der Waals surface area contributed by atoms with Crippen LogP contribution in [0.2, 0.25) is 10.0 Å². The lowest BCUT2D eigenvalue weighted by atomic mass is 10.2. The summed E-state index contributed by atoms with van der Waals surface area (Å²) >= 11 is 16.6. The first-order valence-electron chi connectivity index (χ1n) is 4.54. The third kappa shape index (κ3) is 3.06. The minimum Gasteiger partial charge on any atom is -0.272 e. The monoisotopic (exact) mass is 287 g/mol. The van der Waals surface area contributed by atoms with E-state index in [1.807, 2.05) is 0 Å². The number of nitrogens with one attached hydrogen (secondary N) is 3. The van der Waals surface area contributed by atoms with Gasteiger partial charge in [-0.05, 0) is 18.3 Å². The lowest BCUT2D eigenvalue weighted by Crippen LogP contribution is -1.93. The van der Waals surface area contributed by atoms with Gasteiger partial charge in [-0.2, -0.15) is 10.1 Å². The standard InChI is InChI=1S/C9H7Cl2N5S/c10-6-3-1-2-5(7(6)11)4-12-14-8-13-9(17)16-15-8/h1-4H,(H3,13,14,15,16,17)/b12-4+. The van der Waals surface area contributed by atoms with Gasteiger partial charge in [0, 0.05) is 5.56 Å². The number of aromatic nitrogens is 3. The van der Waals surface area contributed by atoms with E-state index in [2.05, 4.69) is 25.7 Å². The molecule has 0 spiro atoms. The average Bonchev–Trinajstić information content (AvgIpc) is 2.70. The zero-order valence-corrected chi connectivity index (χ0v) is 10.7. The largest absolute Gasteiger partial charge is 0.272 e. The van der Waals surface area contributed by atoms with Gasteiger partial charge < -0.3 is 0 Å². The van der Waals surface area contributed by atoms with Gasteiger partial charge in [-0.25, -0.2) is 5.43 Å². The van der Waals surface area contributed by atoms with Gasteiger partial charge in [-0.15, -0.1) is 0 Å². The van der Waals surface area contributed by atoms with Gasteiger partial charge in [-0.3, -0.25) is 10.2 Å². The van der Waals surface area contributed by atoms with Gasteiger partial charge in [0.05, 0.1) is 16.3 Å². The van der Waals surface area contributed by atoms with E-state index in [4.69, 9.17) is 35.4 Å². The molecule has 1 aromatic carbocycles. The fourth-order valence-corrected chi connectivity index (χ4v) is 1.61. The van der Waals surface area contributed by atoms with E-state index in [0.717, 1.165) is 0 Å². The lowest BCUT2D eigenvalue weighted by Gasteiger charge is -1.99. The fraction of sp³-hybridized carbons (Fsp3) is 0. The van der Waals surface area contributed by atoms with Gasteiger partial charge in [0.2, 0.25) is 10.7 Å². The molecule has 5 nitrogen and oxygen atoms in total. The van der Waals surface area contributed by atoms with Crippen LogP contribution in [-0.2, 0) is 0 Å². The summed E-state index contributed by atoms with van der Waals surface area (Å²) in [6, 6.07) is 5.30. The molecule has 17 heavy (non-hydrogen) atoms. The zero-order valence-electron chi connectivity index (χ0n) is 8.37. The molecule has 0 bridgehead atoms. The Morgan fingerprint density at radius 3 is 2.88 bits per heavy atom. The van der Waals surface area contributed by atoms with Crippen molar-refractivity contribution in [2.24, 2.45) is 5.10 Å². The highest BCUT2D eigenvalue weighted by molar-refractivity contribution is 7.71. The average molecular weight is 288 g/mol. The first kappa shape index (κ1) is 12.1. The number of anilines is 1. The first-order chi connectivity index (χ1) is 8.16. The Bertz CT molecular complexity index is 603. The van der Waals surface area contributed by atoms with Crippen LogP contribution in [-0.4, -0.2) is 21.4 Å². The molecule has 1 heterocycles. The minimum atomic E-state index is 0.350. The number of hydrazone groups is 1. The fourth-order valence-electron chi connectivity index (χ4n) is 1.11. The summed E-state index contributed by atoms with van der Waals surface area (Å²) in [4.78, 5) is 3.90. The summed E-state index contributed by atoms with van der Waals surface area (Å²) < 4.78 is 0.350. The molecule has 0 aliphatic rings. The Kier molecular flexibility index (Phi) is 3.78. The highest BCUT2D eigenvalue weighted by atomic mass is 35.5. The van der Waals surface area contributed by atoms with Gasteiger partial charge >= 0.3 is 0 Å². The van der Waals surface area contributed by atoms with E-state index in [1.54, 1.807) is 24.4 Å². The highest BCUT2D eigenvalue weighted by Crippen LogP contribution is 2.24. The molecule has 2 rings (SSSR count). The topological polar surface area (TPSA) is 68.9 Å². The van der Waals surface area contributed by atoms with Crippen molar-refractivity contribution in [3.8, 4) is 0 Å². The third-order valence-corrected chi connectivity index (χ3v) is 2.88. The normalized spacial score (nSPS) is 10.9. The van der Waals surface area contributed by atoms with E-state index in [1.165, 1.54) is 0 Å². The predicted octanol–water partition coefficient (Wildman–Crippen LogP) is 3.22. The van der Waals surface area contributed by atoms with Crippen LogP contribution in [0.5, 0.6) is 0 Å². The molecule has 8 heteroatoms. The van der Waals surface area contributed by atoms with Crippen molar-refractivity contribution in [1.82, 2.24) is 15.2 Å². The molecular formula is C9H7Cl2N5S. The second-order valence-corrected chi connectivity index (χ2v) is 4.20. The summed E-state index contributed by atoms with van der Waals surface area (Å²) in [5.41, 5.74) is 3.37. The van der Waals surface area contributed by atoms with Gasteiger partial charge in [-0.1, -0.05) is 35.3 Å². The highest BCUT2D eigenvalue weighted by Gasteiger charge is 2.01. The predicted molar refractivity (Wildman–Crippen MR) is 71.5 cm³/mol. The summed E-state index contributed by atoms with van der Waals surface area (Å²) in [5.74, 6) is 0.421. The molecule has 1 aromatic heterocycles. The molecular weight excluding hydrogens is 281 g/mol. The molecule has 0 amide bonds. The van der Waals surface area contributed by atoms with E-state index in [9.17, 15) is 0 Å². The van der Waals surface area contributed by atoms with Crippen molar-refractivity contribution in [1.29, 1.82) is 0 Å². The lowest BCUT2D eigenvalue weighted by molar-refractivity contribution is 1.07. The molecule has 0 aliphatic heterocycles. The number of hydrogen-bond donors (Lipinski definition) is 3. The molecule has 88 valence electrons. The van der Waals surface area contributed by atoms with Crippen LogP contribution in [0.25, 0.3) is 0 Å². The SMILES string of the molecule is S=c1nc(N/N=C/c2cccc(Cl)c2Cl)[nH][nH]1. The number of rotatable bonds is 3. The second-order valence-electron chi connectivity index (χ2n) is 3.03. The molecule has 0 radical (unpaired) electrons. The Hall–Kier alpha value is -1.37. The minimum absolute atomic E-state index is 0.350. The van der Waals surface area contributed by atoms with Crippen LogP contribution in [0.15, 0.2) is 23.3 Å². The maximum absolute atomic E-state index is 5.98. The van der Waals surface area contributed by atoms with Crippen LogP contribution in [0.1, 0.15) is 5.56 Å². The Balaban J connectivity index is 2.10. The smallest absolute Gasteiger partial charge is 0.238 e. The summed E-state index contributed by atoms with van der Waals surface area (Å²) in [7, 11) is 0. The van der Waals surface area contributed by atoms with Crippen molar-refractivity contribution in [2.45, 2.75) is 0 Å². The number of aromatic amines is 2. The van der Waals surface area contributed by atoms with Crippen LogP contribution in [0.4, 0.5) is 5.95 Å². The molecule has 2 aromatic rings. The molecule has 0 saturated heterocycles. The van der Waals surface area contributed by atoms with E-state index < -0.39 is 0 Å². The van der Waals surface area contributed by atoms with Crippen LogP contribution in [0, 0.1) is 4.77 Å². The number of halogens is 2. The van der Waals surface area contributed by atoms with Crippen LogP contribution < -0.4 is 5.43 Å². The van der Waals surface area contributed by atoms with E-state index in [0.29, 0.717) is 26.3 Å². The number of nitrogens with zero attached hydrogens (tertiary/aromatic N) is 2. The van der Waals surface area contributed by atoms with Crippen molar-refractivity contribution in [3.05, 3.63) is 38.6 Å². The van der Waals surface area contributed by atoms with E-state index >= 15 is 0 Å². The maximum atomic E-state index is 5.98. The maximum Gasteiger partial charge on any atom is 0.238 e.